The summed E-state index contributed by atoms with van der Waals surface area (Å²) in [6.07, 6.45) is 1.82. The number of nitrogens with one attached hydrogen (secondary N) is 1. The van der Waals surface area contributed by atoms with Crippen molar-refractivity contribution in [2.24, 2.45) is 11.8 Å². The van der Waals surface area contributed by atoms with Gasteiger partial charge in [0.15, 0.2) is 0 Å². The quantitative estimate of drug-likeness (QED) is 0.721. The molecule has 4 heteroatoms. The van der Waals surface area contributed by atoms with Crippen LogP contribution in [0.5, 0.6) is 0 Å². The molecule has 86 valence electrons. The van der Waals surface area contributed by atoms with Gasteiger partial charge in [-0.2, -0.15) is 0 Å². The highest BCUT2D eigenvalue weighted by Gasteiger charge is 2.34. The van der Waals surface area contributed by atoms with Crippen LogP contribution in [0, 0.1) is 11.8 Å². The largest absolute Gasteiger partial charge is 0.381 e. The predicted molar refractivity (Wildman–Crippen MR) is 57.5 cm³/mol. The topological polar surface area (TPSA) is 41.6 Å². The SMILES string of the molecule is CNCC1CN(C(=O)C2CCOCC2)C1. The molecule has 2 saturated heterocycles. The van der Waals surface area contributed by atoms with Gasteiger partial charge in [-0.3, -0.25) is 4.79 Å². The van der Waals surface area contributed by atoms with Crippen LogP contribution in [0.15, 0.2) is 0 Å². The van der Waals surface area contributed by atoms with Crippen LogP contribution in [-0.2, 0) is 9.53 Å². The molecule has 2 fully saturated rings. The number of rotatable bonds is 3. The van der Waals surface area contributed by atoms with Gasteiger partial charge in [-0.05, 0) is 19.9 Å². The first-order valence-electron chi connectivity index (χ1n) is 5.82. The molecule has 1 amide bonds. The summed E-state index contributed by atoms with van der Waals surface area (Å²) in [4.78, 5) is 14.0. The van der Waals surface area contributed by atoms with Crippen molar-refractivity contribution >= 4 is 5.91 Å². The first-order chi connectivity index (χ1) is 7.31. The van der Waals surface area contributed by atoms with Crippen molar-refractivity contribution in [3.63, 3.8) is 0 Å². The molecule has 4 nitrogen and oxygen atoms in total. The highest BCUT2D eigenvalue weighted by atomic mass is 16.5. The molecule has 2 aliphatic heterocycles. The Morgan fingerprint density at radius 1 is 1.40 bits per heavy atom. The molecular formula is C11H20N2O2. The van der Waals surface area contributed by atoms with E-state index in [1.807, 2.05) is 11.9 Å². The lowest BCUT2D eigenvalue weighted by atomic mass is 9.93. The van der Waals surface area contributed by atoms with E-state index in [4.69, 9.17) is 4.74 Å². The smallest absolute Gasteiger partial charge is 0.225 e. The Morgan fingerprint density at radius 3 is 2.67 bits per heavy atom. The number of hydrogen-bond donors (Lipinski definition) is 1. The Labute approximate surface area is 91.0 Å². The zero-order valence-corrected chi connectivity index (χ0v) is 9.37. The van der Waals surface area contributed by atoms with Crippen LogP contribution in [0.1, 0.15) is 12.8 Å². The van der Waals surface area contributed by atoms with Gasteiger partial charge in [-0.25, -0.2) is 0 Å². The zero-order chi connectivity index (χ0) is 10.7. The van der Waals surface area contributed by atoms with E-state index in [0.29, 0.717) is 11.8 Å². The molecule has 0 aliphatic carbocycles. The number of amides is 1. The molecule has 15 heavy (non-hydrogen) atoms. The molecular weight excluding hydrogens is 192 g/mol. The fraction of sp³-hybridized carbons (Fsp3) is 0.909. The van der Waals surface area contributed by atoms with Gasteiger partial charge < -0.3 is 15.0 Å². The van der Waals surface area contributed by atoms with Crippen molar-refractivity contribution in [3.05, 3.63) is 0 Å². The predicted octanol–water partition coefficient (Wildman–Crippen LogP) is 0.0908. The van der Waals surface area contributed by atoms with Crippen molar-refractivity contribution in [2.75, 3.05) is 39.9 Å². The van der Waals surface area contributed by atoms with Gasteiger partial charge in [0.2, 0.25) is 5.91 Å². The Balaban J connectivity index is 1.73. The fourth-order valence-corrected chi connectivity index (χ4v) is 2.37. The molecule has 0 radical (unpaired) electrons. The van der Waals surface area contributed by atoms with E-state index in [1.165, 1.54) is 0 Å². The summed E-state index contributed by atoms with van der Waals surface area (Å²) < 4.78 is 5.26. The zero-order valence-electron chi connectivity index (χ0n) is 9.37. The van der Waals surface area contributed by atoms with E-state index >= 15 is 0 Å². The number of carbonyl (C=O) groups is 1. The van der Waals surface area contributed by atoms with Gasteiger partial charge >= 0.3 is 0 Å². The molecule has 1 N–H and O–H groups in total. The summed E-state index contributed by atoms with van der Waals surface area (Å²) in [6, 6.07) is 0. The van der Waals surface area contributed by atoms with Crippen LogP contribution in [0.25, 0.3) is 0 Å². The maximum Gasteiger partial charge on any atom is 0.225 e. The summed E-state index contributed by atoms with van der Waals surface area (Å²) in [6.45, 7) is 4.42. The number of nitrogens with zero attached hydrogens (tertiary/aromatic N) is 1. The molecule has 0 bridgehead atoms. The Morgan fingerprint density at radius 2 is 2.07 bits per heavy atom. The first kappa shape index (κ1) is 10.9. The van der Waals surface area contributed by atoms with E-state index in [1.54, 1.807) is 0 Å². The molecule has 0 aromatic carbocycles. The summed E-state index contributed by atoms with van der Waals surface area (Å²) in [5, 5.41) is 3.15. The van der Waals surface area contributed by atoms with Gasteiger partial charge in [-0.1, -0.05) is 0 Å². The lowest BCUT2D eigenvalue weighted by molar-refractivity contribution is -0.144. The van der Waals surface area contributed by atoms with E-state index < -0.39 is 0 Å². The maximum atomic E-state index is 12.0. The van der Waals surface area contributed by atoms with Crippen LogP contribution in [0.4, 0.5) is 0 Å². The average molecular weight is 212 g/mol. The molecule has 0 atom stereocenters. The lowest BCUT2D eigenvalue weighted by Gasteiger charge is -2.41. The second kappa shape index (κ2) is 4.94. The fourth-order valence-electron chi connectivity index (χ4n) is 2.37. The number of ether oxygens (including phenoxy) is 1. The normalized spacial score (nSPS) is 23.9. The Bertz CT molecular complexity index is 221. The molecule has 0 spiro atoms. The van der Waals surface area contributed by atoms with E-state index in [0.717, 1.165) is 45.7 Å². The monoisotopic (exact) mass is 212 g/mol. The molecule has 2 heterocycles. The standard InChI is InChI=1S/C11H20N2O2/c1-12-6-9-7-13(8-9)11(14)10-2-4-15-5-3-10/h9-10,12H,2-8H2,1H3. The van der Waals surface area contributed by atoms with Gasteiger partial charge in [0.25, 0.3) is 0 Å². The van der Waals surface area contributed by atoms with Crippen molar-refractivity contribution in [1.29, 1.82) is 0 Å². The number of hydrogen-bond acceptors (Lipinski definition) is 3. The molecule has 0 aromatic rings. The van der Waals surface area contributed by atoms with Crippen molar-refractivity contribution < 1.29 is 9.53 Å². The Hall–Kier alpha value is -0.610. The summed E-state index contributed by atoms with van der Waals surface area (Å²) in [7, 11) is 1.96. The minimum atomic E-state index is 0.231. The van der Waals surface area contributed by atoms with Crippen LogP contribution >= 0.6 is 0 Å². The van der Waals surface area contributed by atoms with Crippen molar-refractivity contribution in [3.8, 4) is 0 Å². The van der Waals surface area contributed by atoms with Crippen LogP contribution in [0.2, 0.25) is 0 Å². The van der Waals surface area contributed by atoms with Crippen molar-refractivity contribution in [1.82, 2.24) is 10.2 Å². The van der Waals surface area contributed by atoms with Gasteiger partial charge in [0.05, 0.1) is 0 Å². The average Bonchev–Trinajstić information content (AvgIpc) is 2.23. The third-order valence-corrected chi connectivity index (χ3v) is 3.33. The summed E-state index contributed by atoms with van der Waals surface area (Å²) >= 11 is 0. The van der Waals surface area contributed by atoms with Crippen LogP contribution < -0.4 is 5.32 Å². The van der Waals surface area contributed by atoms with E-state index in [2.05, 4.69) is 5.32 Å². The highest BCUT2D eigenvalue weighted by Crippen LogP contribution is 2.23. The summed E-state index contributed by atoms with van der Waals surface area (Å²) in [5.41, 5.74) is 0. The second-order valence-corrected chi connectivity index (χ2v) is 4.55. The molecule has 0 unspecified atom stereocenters. The first-order valence-corrected chi connectivity index (χ1v) is 5.82. The van der Waals surface area contributed by atoms with E-state index in [-0.39, 0.29) is 5.92 Å². The van der Waals surface area contributed by atoms with Gasteiger partial charge in [0.1, 0.15) is 0 Å². The Kier molecular flexibility index (Phi) is 3.59. The molecule has 2 aliphatic rings. The van der Waals surface area contributed by atoms with E-state index in [9.17, 15) is 4.79 Å². The number of carbonyl (C=O) groups excluding carboxylic acids is 1. The molecule has 2 rings (SSSR count). The molecule has 0 aromatic heterocycles. The van der Waals surface area contributed by atoms with Gasteiger partial charge in [-0.15, -0.1) is 0 Å². The highest BCUT2D eigenvalue weighted by molar-refractivity contribution is 5.79. The van der Waals surface area contributed by atoms with Gasteiger partial charge in [0, 0.05) is 44.7 Å². The minimum absolute atomic E-state index is 0.231. The number of likely N-dealkylation sites (tertiary alicyclic amines) is 1. The lowest BCUT2D eigenvalue weighted by Crippen LogP contribution is -2.55. The minimum Gasteiger partial charge on any atom is -0.381 e. The summed E-state index contributed by atoms with van der Waals surface area (Å²) in [5.74, 6) is 1.25. The molecule has 0 saturated carbocycles. The third kappa shape index (κ3) is 2.49. The third-order valence-electron chi connectivity index (χ3n) is 3.33. The van der Waals surface area contributed by atoms with Crippen LogP contribution in [0.3, 0.4) is 0 Å². The van der Waals surface area contributed by atoms with Crippen LogP contribution in [-0.4, -0.2) is 50.7 Å². The van der Waals surface area contributed by atoms with Crippen molar-refractivity contribution in [2.45, 2.75) is 12.8 Å². The maximum absolute atomic E-state index is 12.0. The second-order valence-electron chi connectivity index (χ2n) is 4.55.